The van der Waals surface area contributed by atoms with E-state index in [0.717, 1.165) is 18.2 Å². The van der Waals surface area contributed by atoms with E-state index in [-0.39, 0.29) is 46.5 Å². The molecule has 226 valence electrons. The summed E-state index contributed by atoms with van der Waals surface area (Å²) in [7, 11) is 2.68. The Balaban J connectivity index is 1.55. The van der Waals surface area contributed by atoms with Gasteiger partial charge < -0.3 is 24.6 Å². The SMILES string of the molecule is COc1ncc2cc(C(=O)NC[C@](O)(c3cc4c(c(-c5ccc(F)cc5)n3)OC[C@@]4(C)CF)C(F)(F)F)cc(OC)c2n1. The number of alkyl halides is 4. The van der Waals surface area contributed by atoms with Crippen molar-refractivity contribution in [3.63, 3.8) is 0 Å². The summed E-state index contributed by atoms with van der Waals surface area (Å²) >= 11 is 0. The highest BCUT2D eigenvalue weighted by Gasteiger charge is 2.57. The predicted octanol–water partition coefficient (Wildman–Crippen LogP) is 4.65. The van der Waals surface area contributed by atoms with Crippen LogP contribution in [0.25, 0.3) is 22.2 Å². The Morgan fingerprint density at radius 1 is 1.12 bits per heavy atom. The molecule has 2 aromatic carbocycles. The Labute approximate surface area is 241 Å². The fourth-order valence-corrected chi connectivity index (χ4v) is 4.69. The number of methoxy groups -OCH3 is 2. The standard InChI is InChI=1S/C29H25F5N4O5/c1-27(12-30)14-43-24-19(27)10-21(37-23(24)15-4-6-18(31)7-5-15)28(40,29(32,33)34)13-36-25(39)16-8-17-11-35-26(42-3)38-22(17)20(9-16)41-2/h4-11,40H,12-14H2,1-3H3,(H,36,39)/t27-,28+/m1/s1. The first kappa shape index (κ1) is 29.9. The maximum absolute atomic E-state index is 14.6. The van der Waals surface area contributed by atoms with Gasteiger partial charge in [-0.1, -0.05) is 0 Å². The maximum Gasteiger partial charge on any atom is 0.424 e. The van der Waals surface area contributed by atoms with Crippen LogP contribution in [0.2, 0.25) is 0 Å². The largest absolute Gasteiger partial charge is 0.494 e. The van der Waals surface area contributed by atoms with Crippen LogP contribution >= 0.6 is 0 Å². The van der Waals surface area contributed by atoms with Crippen molar-refractivity contribution in [2.24, 2.45) is 0 Å². The molecule has 3 heterocycles. The number of benzene rings is 2. The molecule has 0 fully saturated rings. The molecule has 0 saturated carbocycles. The number of carbonyl (C=O) groups is 1. The first-order chi connectivity index (χ1) is 20.3. The second kappa shape index (κ2) is 10.9. The third-order valence-electron chi connectivity index (χ3n) is 7.26. The molecule has 0 saturated heterocycles. The molecule has 0 spiro atoms. The van der Waals surface area contributed by atoms with Crippen molar-refractivity contribution in [1.29, 1.82) is 0 Å². The molecule has 2 atom stereocenters. The monoisotopic (exact) mass is 604 g/mol. The lowest BCUT2D eigenvalue weighted by molar-refractivity contribution is -0.265. The first-order valence-corrected chi connectivity index (χ1v) is 12.8. The highest BCUT2D eigenvalue weighted by molar-refractivity contribution is 5.99. The minimum atomic E-state index is -5.35. The van der Waals surface area contributed by atoms with Gasteiger partial charge in [-0.2, -0.15) is 18.2 Å². The van der Waals surface area contributed by atoms with E-state index in [9.17, 15) is 31.9 Å². The second-order valence-electron chi connectivity index (χ2n) is 10.2. The number of carbonyl (C=O) groups excluding carboxylic acids is 1. The first-order valence-electron chi connectivity index (χ1n) is 12.8. The van der Waals surface area contributed by atoms with Crippen molar-refractivity contribution in [1.82, 2.24) is 20.3 Å². The minimum absolute atomic E-state index is 0.0196. The van der Waals surface area contributed by atoms with E-state index in [1.165, 1.54) is 51.6 Å². The van der Waals surface area contributed by atoms with Crippen LogP contribution in [-0.4, -0.2) is 66.2 Å². The number of hydrogen-bond donors (Lipinski definition) is 2. The fourth-order valence-electron chi connectivity index (χ4n) is 4.69. The third-order valence-corrected chi connectivity index (χ3v) is 7.26. The van der Waals surface area contributed by atoms with Crippen molar-refractivity contribution in [2.45, 2.75) is 24.1 Å². The number of nitrogens with zero attached hydrogens (tertiary/aromatic N) is 3. The average Bonchev–Trinajstić information content (AvgIpc) is 3.34. The number of nitrogens with one attached hydrogen (secondary N) is 1. The van der Waals surface area contributed by atoms with E-state index in [0.29, 0.717) is 10.9 Å². The van der Waals surface area contributed by atoms with E-state index in [1.807, 2.05) is 0 Å². The van der Waals surface area contributed by atoms with Crippen molar-refractivity contribution < 1.29 is 46.1 Å². The van der Waals surface area contributed by atoms with Gasteiger partial charge in [-0.05, 0) is 49.4 Å². The van der Waals surface area contributed by atoms with Crippen molar-refractivity contribution in [3.05, 3.63) is 71.3 Å². The number of aliphatic hydroxyl groups is 1. The number of aromatic nitrogens is 3. The van der Waals surface area contributed by atoms with Gasteiger partial charge in [0, 0.05) is 28.3 Å². The van der Waals surface area contributed by atoms with E-state index >= 15 is 0 Å². The third kappa shape index (κ3) is 5.26. The number of amides is 1. The minimum Gasteiger partial charge on any atom is -0.494 e. The molecule has 1 aliphatic heterocycles. The highest BCUT2D eigenvalue weighted by Crippen LogP contribution is 2.48. The molecule has 14 heteroatoms. The lowest BCUT2D eigenvalue weighted by Crippen LogP contribution is -2.51. The predicted molar refractivity (Wildman–Crippen MR) is 143 cm³/mol. The van der Waals surface area contributed by atoms with Crippen LogP contribution in [0, 0.1) is 5.82 Å². The molecule has 0 aliphatic carbocycles. The zero-order valence-corrected chi connectivity index (χ0v) is 23.1. The molecule has 2 aromatic heterocycles. The van der Waals surface area contributed by atoms with Gasteiger partial charge in [0.15, 0.2) is 0 Å². The maximum atomic E-state index is 14.6. The summed E-state index contributed by atoms with van der Waals surface area (Å²) in [4.78, 5) is 25.3. The van der Waals surface area contributed by atoms with Crippen LogP contribution in [0.4, 0.5) is 22.0 Å². The van der Waals surface area contributed by atoms with Crippen LogP contribution in [0.3, 0.4) is 0 Å². The molecule has 0 bridgehead atoms. The van der Waals surface area contributed by atoms with Gasteiger partial charge in [0.25, 0.3) is 5.91 Å². The van der Waals surface area contributed by atoms with E-state index in [1.54, 1.807) is 0 Å². The summed E-state index contributed by atoms with van der Waals surface area (Å²) < 4.78 is 87.5. The molecule has 9 nitrogen and oxygen atoms in total. The van der Waals surface area contributed by atoms with E-state index in [2.05, 4.69) is 20.3 Å². The lowest BCUT2D eigenvalue weighted by atomic mass is 9.83. The summed E-state index contributed by atoms with van der Waals surface area (Å²) in [6.07, 6.45) is -4.00. The zero-order valence-electron chi connectivity index (χ0n) is 23.1. The quantitative estimate of drug-likeness (QED) is 0.280. The average molecular weight is 605 g/mol. The number of fused-ring (bicyclic) bond motifs is 2. The summed E-state index contributed by atoms with van der Waals surface area (Å²) in [6.45, 7) is -1.07. The molecule has 4 aromatic rings. The Kier molecular flexibility index (Phi) is 7.59. The molecule has 5 rings (SSSR count). The Bertz CT molecular complexity index is 1700. The number of halogens is 5. The summed E-state index contributed by atoms with van der Waals surface area (Å²) in [5, 5.41) is 13.6. The van der Waals surface area contributed by atoms with Crippen LogP contribution in [-0.2, 0) is 11.0 Å². The highest BCUT2D eigenvalue weighted by atomic mass is 19.4. The molecule has 1 aliphatic rings. The lowest BCUT2D eigenvalue weighted by Gasteiger charge is -2.31. The zero-order chi connectivity index (χ0) is 31.2. The number of pyridine rings is 1. The molecular weight excluding hydrogens is 579 g/mol. The second-order valence-corrected chi connectivity index (χ2v) is 10.2. The van der Waals surface area contributed by atoms with Gasteiger partial charge in [0.05, 0.1) is 31.9 Å². The van der Waals surface area contributed by atoms with Crippen LogP contribution in [0.15, 0.2) is 48.7 Å². The van der Waals surface area contributed by atoms with Gasteiger partial charge in [-0.3, -0.25) is 4.79 Å². The van der Waals surface area contributed by atoms with Gasteiger partial charge in [0.2, 0.25) is 5.60 Å². The van der Waals surface area contributed by atoms with E-state index < -0.39 is 47.8 Å². The van der Waals surface area contributed by atoms with Gasteiger partial charge >= 0.3 is 12.2 Å². The smallest absolute Gasteiger partial charge is 0.424 e. The molecule has 2 N–H and O–H groups in total. The molecule has 43 heavy (non-hydrogen) atoms. The number of hydrogen-bond acceptors (Lipinski definition) is 8. The van der Waals surface area contributed by atoms with Gasteiger partial charge in [-0.25, -0.2) is 18.7 Å². The Morgan fingerprint density at radius 2 is 1.84 bits per heavy atom. The van der Waals surface area contributed by atoms with Crippen LogP contribution in [0.1, 0.15) is 28.5 Å². The van der Waals surface area contributed by atoms with E-state index in [4.69, 9.17) is 14.2 Å². The molecule has 1 amide bonds. The molecule has 0 radical (unpaired) electrons. The van der Waals surface area contributed by atoms with Crippen LogP contribution in [0.5, 0.6) is 17.5 Å². The normalized spacial score (nSPS) is 17.6. The molecule has 0 unspecified atom stereocenters. The van der Waals surface area contributed by atoms with Gasteiger partial charge in [0.1, 0.15) is 41.8 Å². The van der Waals surface area contributed by atoms with Crippen molar-refractivity contribution in [3.8, 4) is 28.8 Å². The van der Waals surface area contributed by atoms with Gasteiger partial charge in [-0.15, -0.1) is 0 Å². The summed E-state index contributed by atoms with van der Waals surface area (Å²) in [6, 6.07) is 8.27. The van der Waals surface area contributed by atoms with Crippen LogP contribution < -0.4 is 19.5 Å². The summed E-state index contributed by atoms with van der Waals surface area (Å²) in [5.74, 6) is -1.43. The number of rotatable bonds is 8. The van der Waals surface area contributed by atoms with Crippen molar-refractivity contribution >= 4 is 16.8 Å². The van der Waals surface area contributed by atoms with Crippen molar-refractivity contribution in [2.75, 3.05) is 34.0 Å². The Hall–Kier alpha value is -4.59. The Morgan fingerprint density at radius 3 is 2.47 bits per heavy atom. The fraction of sp³-hybridized carbons (Fsp3) is 0.310. The number of ether oxygens (including phenoxy) is 3. The topological polar surface area (TPSA) is 116 Å². The molecular formula is C29H25F5N4O5. The summed E-state index contributed by atoms with van der Waals surface area (Å²) in [5.41, 5.74) is -5.69.